The van der Waals surface area contributed by atoms with E-state index in [-0.39, 0.29) is 58.3 Å². The van der Waals surface area contributed by atoms with E-state index >= 15 is 0 Å². The van der Waals surface area contributed by atoms with Gasteiger partial charge in [-0.15, -0.1) is 0 Å². The van der Waals surface area contributed by atoms with Gasteiger partial charge >= 0.3 is 12.4 Å². The van der Waals surface area contributed by atoms with Crippen molar-refractivity contribution in [2.75, 3.05) is 6.61 Å². The number of halogens is 6. The van der Waals surface area contributed by atoms with Crippen molar-refractivity contribution in [2.45, 2.75) is 50.4 Å². The molecule has 15 heteroatoms. The van der Waals surface area contributed by atoms with Crippen LogP contribution in [-0.2, 0) is 52.9 Å². The van der Waals surface area contributed by atoms with Crippen molar-refractivity contribution < 1.29 is 63.0 Å². The van der Waals surface area contributed by atoms with E-state index in [1.807, 2.05) is 0 Å². The molecule has 0 saturated heterocycles. The van der Waals surface area contributed by atoms with Crippen LogP contribution >= 0.6 is 0 Å². The van der Waals surface area contributed by atoms with Crippen LogP contribution in [0.25, 0.3) is 0 Å². The third-order valence-electron chi connectivity index (χ3n) is 8.33. The number of fused-ring (bicyclic) bond motifs is 4. The summed E-state index contributed by atoms with van der Waals surface area (Å²) in [4.78, 5) is -0.0619. The summed E-state index contributed by atoms with van der Waals surface area (Å²) in [5, 5.41) is 9.34. The molecule has 0 saturated carbocycles. The summed E-state index contributed by atoms with van der Waals surface area (Å²) in [7, 11) is -4.11. The highest BCUT2D eigenvalue weighted by Gasteiger charge is 2.37. The lowest BCUT2D eigenvalue weighted by Gasteiger charge is -2.18. The Morgan fingerprint density at radius 2 is 1.08 bits per heavy atom. The second-order valence-electron chi connectivity index (χ2n) is 11.8. The van der Waals surface area contributed by atoms with Crippen LogP contribution in [0.1, 0.15) is 38.9 Å². The molecule has 8 nitrogen and oxygen atoms in total. The Hall–Kier alpha value is -5.25. The van der Waals surface area contributed by atoms with Crippen molar-refractivity contribution in [3.8, 4) is 34.5 Å². The number of hydrogen-bond acceptors (Lipinski definition) is 8. The lowest BCUT2D eigenvalue weighted by atomic mass is 9.97. The minimum Gasteiger partial charge on any atom is -0.485 e. The van der Waals surface area contributed by atoms with Gasteiger partial charge < -0.3 is 24.1 Å². The van der Waals surface area contributed by atoms with Gasteiger partial charge in [0.25, 0.3) is 10.1 Å². The molecule has 0 radical (unpaired) electrons. The molecule has 2 aliphatic rings. The van der Waals surface area contributed by atoms with Crippen molar-refractivity contribution in [1.82, 2.24) is 0 Å². The van der Waals surface area contributed by atoms with Gasteiger partial charge in [-0.2, -0.15) is 34.8 Å². The van der Waals surface area contributed by atoms with Crippen LogP contribution in [-0.4, -0.2) is 20.1 Å². The Kier molecular flexibility index (Phi) is 10.6. The molecule has 0 aromatic heterocycles. The van der Waals surface area contributed by atoms with Gasteiger partial charge in [0, 0.05) is 11.1 Å². The molecule has 0 amide bonds. The zero-order valence-corrected chi connectivity index (χ0v) is 28.6. The van der Waals surface area contributed by atoms with Crippen molar-refractivity contribution in [3.63, 3.8) is 0 Å². The zero-order valence-electron chi connectivity index (χ0n) is 27.8. The fourth-order valence-electron chi connectivity index (χ4n) is 5.72. The summed E-state index contributed by atoms with van der Waals surface area (Å²) in [5.74, 6) is 2.15. The van der Waals surface area contributed by atoms with Crippen LogP contribution in [0.2, 0.25) is 0 Å². The number of aliphatic hydroxyl groups is 1. The molecule has 0 bridgehead atoms. The second-order valence-corrected chi connectivity index (χ2v) is 13.4. The SMILES string of the molecule is Cc1ccc(S(=O)(=O)OCCc2c(C(F)(F)F)ccc3c2COc2ccccc2O3)cc1.OCc1c(C(F)(F)F)ccc2c1COc1ccccc1O2. The Morgan fingerprint density at radius 3 is 1.55 bits per heavy atom. The largest absolute Gasteiger partial charge is 0.485 e. The van der Waals surface area contributed by atoms with Crippen molar-refractivity contribution in [1.29, 1.82) is 0 Å². The standard InChI is InChI=1S/C23H19F3O5S.C15H11F3O3/c1-15-6-8-16(9-7-15)32(27,28)30-13-12-17-18-14-29-21-4-2-3-5-22(21)31-20(18)11-10-19(17)23(24,25)26;16-15(17,18)11-5-6-12-10(9(11)7-19)8-20-13-3-1-2-4-14(13)21-12/h2-11H,12-14H2,1H3;1-6,19H,7-8H2. The van der Waals surface area contributed by atoms with Gasteiger partial charge in [-0.05, 0) is 85.1 Å². The third-order valence-corrected chi connectivity index (χ3v) is 9.65. The maximum atomic E-state index is 13.7. The maximum absolute atomic E-state index is 13.7. The summed E-state index contributed by atoms with van der Waals surface area (Å²) in [6.45, 7) is 0.353. The van der Waals surface area contributed by atoms with Crippen molar-refractivity contribution >= 4 is 10.1 Å². The number of rotatable bonds is 6. The first-order chi connectivity index (χ1) is 25.2. The first-order valence-electron chi connectivity index (χ1n) is 16.0. The first-order valence-corrected chi connectivity index (χ1v) is 17.4. The van der Waals surface area contributed by atoms with Gasteiger partial charge in [0.05, 0.1) is 29.2 Å². The highest BCUT2D eigenvalue weighted by Crippen LogP contribution is 2.44. The minimum atomic E-state index is -4.64. The number of para-hydroxylation sites is 4. The lowest BCUT2D eigenvalue weighted by Crippen LogP contribution is -2.16. The van der Waals surface area contributed by atoms with Crippen LogP contribution < -0.4 is 18.9 Å². The highest BCUT2D eigenvalue weighted by molar-refractivity contribution is 7.86. The predicted molar refractivity (Wildman–Crippen MR) is 179 cm³/mol. The van der Waals surface area contributed by atoms with Gasteiger partial charge in [-0.25, -0.2) is 0 Å². The molecule has 0 fully saturated rings. The van der Waals surface area contributed by atoms with Gasteiger partial charge in [0.1, 0.15) is 24.7 Å². The maximum Gasteiger partial charge on any atom is 0.416 e. The summed E-state index contributed by atoms with van der Waals surface area (Å²) in [6.07, 6.45) is -9.47. The van der Waals surface area contributed by atoms with E-state index in [1.165, 1.54) is 24.3 Å². The summed E-state index contributed by atoms with van der Waals surface area (Å²) < 4.78 is 132. The number of benzene rings is 5. The number of hydrogen-bond donors (Lipinski definition) is 1. The Balaban J connectivity index is 0.000000198. The molecule has 0 aliphatic carbocycles. The lowest BCUT2D eigenvalue weighted by molar-refractivity contribution is -0.139. The average molecular weight is 761 g/mol. The monoisotopic (exact) mass is 760 g/mol. The molecule has 1 N–H and O–H groups in total. The molecular weight excluding hydrogens is 730 g/mol. The fourth-order valence-corrected chi connectivity index (χ4v) is 6.63. The molecule has 7 rings (SSSR count). The van der Waals surface area contributed by atoms with E-state index in [2.05, 4.69) is 0 Å². The first kappa shape index (κ1) is 37.5. The average Bonchev–Trinajstić information content (AvgIpc) is 3.43. The number of aryl methyl sites for hydroxylation is 1. The molecule has 5 aromatic rings. The van der Waals surface area contributed by atoms with Crippen LogP contribution in [0.15, 0.2) is 102 Å². The number of aliphatic hydroxyl groups excluding tert-OH is 1. The summed E-state index contributed by atoms with van der Waals surface area (Å²) >= 11 is 0. The minimum absolute atomic E-state index is 0.0619. The number of ether oxygens (including phenoxy) is 4. The molecule has 278 valence electrons. The Labute approximate surface area is 300 Å². The van der Waals surface area contributed by atoms with Crippen LogP contribution in [0.4, 0.5) is 26.3 Å². The van der Waals surface area contributed by atoms with E-state index in [9.17, 15) is 39.9 Å². The zero-order chi connectivity index (χ0) is 38.0. The Morgan fingerprint density at radius 1 is 0.623 bits per heavy atom. The predicted octanol–water partition coefficient (Wildman–Crippen LogP) is 9.53. The smallest absolute Gasteiger partial charge is 0.416 e. The third kappa shape index (κ3) is 8.37. The van der Waals surface area contributed by atoms with Crippen molar-refractivity contribution in [2.24, 2.45) is 0 Å². The Bertz CT molecular complexity index is 2220. The molecule has 5 aromatic carbocycles. The topological polar surface area (TPSA) is 101 Å². The van der Waals surface area contributed by atoms with Gasteiger partial charge in [0.2, 0.25) is 0 Å². The second kappa shape index (κ2) is 15.0. The van der Waals surface area contributed by atoms with Crippen LogP contribution in [0, 0.1) is 6.92 Å². The van der Waals surface area contributed by atoms with Gasteiger partial charge in [0.15, 0.2) is 23.0 Å². The number of alkyl halides is 6. The summed E-state index contributed by atoms with van der Waals surface area (Å²) in [6, 6.07) is 23.9. The van der Waals surface area contributed by atoms with Crippen LogP contribution in [0.3, 0.4) is 0 Å². The van der Waals surface area contributed by atoms with Gasteiger partial charge in [-0.3, -0.25) is 4.18 Å². The molecule has 0 unspecified atom stereocenters. The molecule has 2 aliphatic heterocycles. The van der Waals surface area contributed by atoms with Gasteiger partial charge in [-0.1, -0.05) is 42.0 Å². The van der Waals surface area contributed by atoms with E-state index < -0.39 is 46.8 Å². The molecule has 0 atom stereocenters. The fraction of sp³-hybridized carbons (Fsp3) is 0.211. The van der Waals surface area contributed by atoms with E-state index in [0.717, 1.165) is 17.7 Å². The van der Waals surface area contributed by atoms with Crippen LogP contribution in [0.5, 0.6) is 34.5 Å². The normalized spacial score (nSPS) is 13.4. The van der Waals surface area contributed by atoms with E-state index in [1.54, 1.807) is 67.6 Å². The quantitative estimate of drug-likeness (QED) is 0.135. The molecule has 2 heterocycles. The van der Waals surface area contributed by atoms with Crippen molar-refractivity contribution in [3.05, 3.63) is 136 Å². The highest BCUT2D eigenvalue weighted by atomic mass is 32.2. The van der Waals surface area contributed by atoms with E-state index in [4.69, 9.17) is 23.1 Å². The van der Waals surface area contributed by atoms with E-state index in [0.29, 0.717) is 23.0 Å². The molecule has 0 spiro atoms. The molecule has 53 heavy (non-hydrogen) atoms. The molecular formula is C38H30F6O8S. The summed E-state index contributed by atoms with van der Waals surface area (Å²) in [5.41, 5.74) is -0.815.